The maximum atomic E-state index is 12.1. The van der Waals surface area contributed by atoms with E-state index in [2.05, 4.69) is 20.9 Å². The molecule has 7 nitrogen and oxygen atoms in total. The van der Waals surface area contributed by atoms with Gasteiger partial charge in [0.1, 0.15) is 6.10 Å². The molecule has 0 saturated heterocycles. The Bertz CT molecular complexity index is 869. The summed E-state index contributed by atoms with van der Waals surface area (Å²) in [5.74, 6) is 2.11. The third-order valence-electron chi connectivity index (χ3n) is 4.89. The van der Waals surface area contributed by atoms with E-state index in [1.807, 2.05) is 69.3 Å². The number of rotatable bonds is 10. The summed E-state index contributed by atoms with van der Waals surface area (Å²) in [4.78, 5) is 16.4. The van der Waals surface area contributed by atoms with Crippen molar-refractivity contribution in [1.29, 1.82) is 0 Å². The number of anilines is 1. The molecule has 0 aromatic heterocycles. The minimum absolute atomic E-state index is 0.00938. The van der Waals surface area contributed by atoms with Gasteiger partial charge in [-0.2, -0.15) is 0 Å². The Kier molecular flexibility index (Phi) is 9.68. The maximum absolute atomic E-state index is 12.1. The van der Waals surface area contributed by atoms with Crippen LogP contribution < -0.4 is 25.4 Å². The Labute approximate surface area is 185 Å². The molecule has 0 fully saturated rings. The molecule has 0 saturated carbocycles. The fourth-order valence-electron chi connectivity index (χ4n) is 2.83. The largest absolute Gasteiger partial charge is 0.493 e. The van der Waals surface area contributed by atoms with Crippen LogP contribution in [0.5, 0.6) is 11.5 Å². The van der Waals surface area contributed by atoms with Crippen LogP contribution in [-0.4, -0.2) is 38.7 Å². The number of benzene rings is 2. The van der Waals surface area contributed by atoms with Crippen LogP contribution >= 0.6 is 0 Å². The van der Waals surface area contributed by atoms with Crippen molar-refractivity contribution in [2.24, 2.45) is 10.9 Å². The second kappa shape index (κ2) is 12.5. The first-order valence-corrected chi connectivity index (χ1v) is 10.6. The molecule has 2 aromatic rings. The summed E-state index contributed by atoms with van der Waals surface area (Å²) in [5, 5.41) is 9.53. The van der Waals surface area contributed by atoms with Crippen molar-refractivity contribution in [3.8, 4) is 11.5 Å². The second-order valence-corrected chi connectivity index (χ2v) is 7.38. The van der Waals surface area contributed by atoms with Crippen molar-refractivity contribution in [3.63, 3.8) is 0 Å². The van der Waals surface area contributed by atoms with Gasteiger partial charge in [-0.1, -0.05) is 38.1 Å². The van der Waals surface area contributed by atoms with Crippen molar-refractivity contribution >= 4 is 17.6 Å². The fraction of sp³-hybridized carbons (Fsp3) is 0.417. The molecule has 0 spiro atoms. The SMILES string of the molecule is CCC(C)C(=O)Nc1cccc(CNC(=NC)NCC(C)Oc2ccccc2OC)c1. The lowest BCUT2D eigenvalue weighted by atomic mass is 10.1. The maximum Gasteiger partial charge on any atom is 0.227 e. The highest BCUT2D eigenvalue weighted by Gasteiger charge is 2.11. The Balaban J connectivity index is 1.84. The van der Waals surface area contributed by atoms with Gasteiger partial charge in [0.2, 0.25) is 5.91 Å². The normalized spacial score (nSPS) is 13.1. The third kappa shape index (κ3) is 7.85. The highest BCUT2D eigenvalue weighted by Crippen LogP contribution is 2.26. The van der Waals surface area contributed by atoms with Crippen LogP contribution in [0.3, 0.4) is 0 Å². The molecule has 168 valence electrons. The number of carbonyl (C=O) groups is 1. The van der Waals surface area contributed by atoms with Crippen LogP contribution in [0, 0.1) is 5.92 Å². The van der Waals surface area contributed by atoms with Crippen molar-refractivity contribution in [2.45, 2.75) is 39.8 Å². The molecular weight excluding hydrogens is 392 g/mol. The lowest BCUT2D eigenvalue weighted by Crippen LogP contribution is -2.41. The molecule has 0 aliphatic heterocycles. The van der Waals surface area contributed by atoms with Crippen LogP contribution in [0.15, 0.2) is 53.5 Å². The van der Waals surface area contributed by atoms with E-state index in [0.717, 1.165) is 17.7 Å². The van der Waals surface area contributed by atoms with Crippen LogP contribution in [-0.2, 0) is 11.3 Å². The number of nitrogens with zero attached hydrogens (tertiary/aromatic N) is 1. The molecule has 1 amide bonds. The minimum Gasteiger partial charge on any atom is -0.493 e. The van der Waals surface area contributed by atoms with E-state index in [0.29, 0.717) is 30.5 Å². The Morgan fingerprint density at radius 1 is 1.06 bits per heavy atom. The summed E-state index contributed by atoms with van der Waals surface area (Å²) < 4.78 is 11.3. The van der Waals surface area contributed by atoms with Crippen molar-refractivity contribution < 1.29 is 14.3 Å². The van der Waals surface area contributed by atoms with Crippen molar-refractivity contribution in [3.05, 3.63) is 54.1 Å². The zero-order valence-corrected chi connectivity index (χ0v) is 19.1. The third-order valence-corrected chi connectivity index (χ3v) is 4.89. The van der Waals surface area contributed by atoms with Gasteiger partial charge in [0.25, 0.3) is 0 Å². The van der Waals surface area contributed by atoms with E-state index >= 15 is 0 Å². The van der Waals surface area contributed by atoms with E-state index in [9.17, 15) is 4.79 Å². The number of hydrogen-bond acceptors (Lipinski definition) is 4. The van der Waals surface area contributed by atoms with Crippen LogP contribution in [0.1, 0.15) is 32.8 Å². The average molecular weight is 427 g/mol. The summed E-state index contributed by atoms with van der Waals surface area (Å²) in [6.45, 7) is 7.06. The Morgan fingerprint density at radius 3 is 2.48 bits per heavy atom. The predicted octanol–water partition coefficient (Wildman–Crippen LogP) is 3.81. The minimum atomic E-state index is -0.0889. The molecule has 0 aliphatic rings. The molecule has 7 heteroatoms. The number of guanidine groups is 1. The number of ether oxygens (including phenoxy) is 2. The molecule has 2 unspecified atom stereocenters. The molecule has 2 rings (SSSR count). The number of amides is 1. The summed E-state index contributed by atoms with van der Waals surface area (Å²) in [6, 6.07) is 15.4. The topological polar surface area (TPSA) is 84.0 Å². The Hall–Kier alpha value is -3.22. The number of carbonyl (C=O) groups excluding carboxylic acids is 1. The lowest BCUT2D eigenvalue weighted by molar-refractivity contribution is -0.119. The molecule has 0 aliphatic carbocycles. The standard InChI is InChI=1S/C24H34N4O3/c1-6-17(2)23(29)28-20-11-9-10-19(14-20)16-27-24(25-4)26-15-18(3)31-22-13-8-7-12-21(22)30-5/h7-14,17-18H,6,15-16H2,1-5H3,(H,28,29)(H2,25,26,27). The first-order valence-electron chi connectivity index (χ1n) is 10.6. The first-order chi connectivity index (χ1) is 15.0. The summed E-state index contributed by atoms with van der Waals surface area (Å²) in [6.07, 6.45) is 0.725. The van der Waals surface area contributed by atoms with Gasteiger partial charge < -0.3 is 25.4 Å². The molecule has 31 heavy (non-hydrogen) atoms. The summed E-state index contributed by atoms with van der Waals surface area (Å²) >= 11 is 0. The van der Waals surface area contributed by atoms with Gasteiger partial charge in [-0.15, -0.1) is 0 Å². The van der Waals surface area contributed by atoms with Crippen molar-refractivity contribution in [1.82, 2.24) is 10.6 Å². The van der Waals surface area contributed by atoms with E-state index in [1.54, 1.807) is 14.2 Å². The van der Waals surface area contributed by atoms with Gasteiger partial charge in [0.15, 0.2) is 17.5 Å². The molecular formula is C24H34N4O3. The van der Waals surface area contributed by atoms with Gasteiger partial charge in [-0.05, 0) is 43.2 Å². The van der Waals surface area contributed by atoms with Gasteiger partial charge in [0.05, 0.1) is 13.7 Å². The Morgan fingerprint density at radius 2 is 1.81 bits per heavy atom. The number of hydrogen-bond donors (Lipinski definition) is 3. The van der Waals surface area contributed by atoms with Crippen molar-refractivity contribution in [2.75, 3.05) is 26.0 Å². The zero-order chi connectivity index (χ0) is 22.6. The van der Waals surface area contributed by atoms with Crippen LogP contribution in [0.4, 0.5) is 5.69 Å². The van der Waals surface area contributed by atoms with Crippen LogP contribution in [0.2, 0.25) is 0 Å². The number of aliphatic imine (C=N–C) groups is 1. The second-order valence-electron chi connectivity index (χ2n) is 7.38. The lowest BCUT2D eigenvalue weighted by Gasteiger charge is -2.19. The van der Waals surface area contributed by atoms with Gasteiger partial charge in [-0.3, -0.25) is 9.79 Å². The van der Waals surface area contributed by atoms with Gasteiger partial charge >= 0.3 is 0 Å². The molecule has 2 atom stereocenters. The number of para-hydroxylation sites is 2. The summed E-state index contributed by atoms with van der Waals surface area (Å²) in [7, 11) is 3.35. The first kappa shape index (κ1) is 24.1. The zero-order valence-electron chi connectivity index (χ0n) is 19.1. The molecule has 0 radical (unpaired) electrons. The predicted molar refractivity (Wildman–Crippen MR) is 126 cm³/mol. The number of nitrogens with one attached hydrogen (secondary N) is 3. The van der Waals surface area contributed by atoms with Crippen LogP contribution in [0.25, 0.3) is 0 Å². The number of methoxy groups -OCH3 is 1. The average Bonchev–Trinajstić information content (AvgIpc) is 2.79. The fourth-order valence-corrected chi connectivity index (χ4v) is 2.83. The van der Waals surface area contributed by atoms with E-state index in [-0.39, 0.29) is 17.9 Å². The summed E-state index contributed by atoms with van der Waals surface area (Å²) in [5.41, 5.74) is 1.84. The van der Waals surface area contributed by atoms with E-state index < -0.39 is 0 Å². The van der Waals surface area contributed by atoms with E-state index in [4.69, 9.17) is 9.47 Å². The van der Waals surface area contributed by atoms with E-state index in [1.165, 1.54) is 0 Å². The molecule has 2 aromatic carbocycles. The molecule has 0 heterocycles. The highest BCUT2D eigenvalue weighted by atomic mass is 16.5. The monoisotopic (exact) mass is 426 g/mol. The smallest absolute Gasteiger partial charge is 0.227 e. The molecule has 3 N–H and O–H groups in total. The van der Waals surface area contributed by atoms with Gasteiger partial charge in [0, 0.05) is 25.2 Å². The highest BCUT2D eigenvalue weighted by molar-refractivity contribution is 5.92. The molecule has 0 bridgehead atoms. The van der Waals surface area contributed by atoms with Gasteiger partial charge in [-0.25, -0.2) is 0 Å². The quantitative estimate of drug-likeness (QED) is 0.397.